The fourth-order valence-electron chi connectivity index (χ4n) is 1.33. The lowest BCUT2D eigenvalue weighted by Gasteiger charge is -2.18. The molecule has 0 radical (unpaired) electrons. The van der Waals surface area contributed by atoms with Crippen molar-refractivity contribution in [1.82, 2.24) is 15.2 Å². The first-order valence-electron chi connectivity index (χ1n) is 5.75. The fraction of sp³-hybridized carbons (Fsp3) is 0.417. The van der Waals surface area contributed by atoms with Crippen LogP contribution in [0.4, 0.5) is 0 Å². The molecule has 5 nitrogen and oxygen atoms in total. The summed E-state index contributed by atoms with van der Waals surface area (Å²) in [7, 11) is 0. The number of carbonyl (C=O) groups is 1. The average Bonchev–Trinajstić information content (AvgIpc) is 2.95. The Morgan fingerprint density at radius 3 is 2.95 bits per heavy atom. The Morgan fingerprint density at radius 1 is 1.53 bits per heavy atom. The minimum Gasteiger partial charge on any atom is -0.459 e. The highest BCUT2D eigenvalue weighted by Crippen LogP contribution is 2.23. The van der Waals surface area contributed by atoms with Crippen LogP contribution < -0.4 is 0 Å². The highest BCUT2D eigenvalue weighted by Gasteiger charge is 2.17. The fourth-order valence-corrected chi connectivity index (χ4v) is 2.56. The Kier molecular flexibility index (Phi) is 4.26. The number of hydrogen-bond acceptors (Lipinski definition) is 6. The normalized spacial score (nSPS) is 11.5. The van der Waals surface area contributed by atoms with Gasteiger partial charge in [-0.3, -0.25) is 9.89 Å². The van der Waals surface area contributed by atoms with Gasteiger partial charge in [0.05, 0.1) is 10.6 Å². The van der Waals surface area contributed by atoms with Gasteiger partial charge in [-0.25, -0.2) is 4.98 Å². The van der Waals surface area contributed by atoms with Crippen LogP contribution in [0.15, 0.2) is 22.7 Å². The number of H-pyrrole nitrogens is 1. The first kappa shape index (κ1) is 14.1. The van der Waals surface area contributed by atoms with E-state index in [1.165, 1.54) is 11.8 Å². The second kappa shape index (κ2) is 5.75. The van der Waals surface area contributed by atoms with E-state index in [4.69, 9.17) is 4.74 Å². The Balaban J connectivity index is 1.89. The molecule has 102 valence electrons. The highest BCUT2D eigenvalue weighted by molar-refractivity contribution is 7.99. The zero-order valence-corrected chi connectivity index (χ0v) is 12.6. The number of aromatic nitrogens is 3. The molecule has 0 aliphatic carbocycles. The Bertz CT molecular complexity index is 544. The maximum absolute atomic E-state index is 11.6. The summed E-state index contributed by atoms with van der Waals surface area (Å²) >= 11 is 2.85. The van der Waals surface area contributed by atoms with Gasteiger partial charge in [0.25, 0.3) is 0 Å². The third kappa shape index (κ3) is 4.36. The van der Waals surface area contributed by atoms with E-state index in [1.807, 2.05) is 38.3 Å². The minimum atomic E-state index is -0.460. The smallest absolute Gasteiger partial charge is 0.316 e. The molecule has 19 heavy (non-hydrogen) atoms. The van der Waals surface area contributed by atoms with Gasteiger partial charge in [0.2, 0.25) is 5.16 Å². The summed E-state index contributed by atoms with van der Waals surface area (Å²) in [6.07, 6.45) is 0. The molecule has 0 saturated heterocycles. The van der Waals surface area contributed by atoms with Crippen molar-refractivity contribution in [1.29, 1.82) is 0 Å². The summed E-state index contributed by atoms with van der Waals surface area (Å²) in [5.74, 6) is 0.667. The van der Waals surface area contributed by atoms with Crippen LogP contribution in [0.25, 0.3) is 10.7 Å². The van der Waals surface area contributed by atoms with E-state index < -0.39 is 5.60 Å². The minimum absolute atomic E-state index is 0.207. The van der Waals surface area contributed by atoms with Gasteiger partial charge in [-0.1, -0.05) is 17.8 Å². The van der Waals surface area contributed by atoms with Gasteiger partial charge >= 0.3 is 5.97 Å². The van der Waals surface area contributed by atoms with Crippen molar-refractivity contribution in [3.8, 4) is 10.7 Å². The average molecular weight is 297 g/mol. The molecule has 2 aromatic heterocycles. The van der Waals surface area contributed by atoms with Crippen LogP contribution in [-0.2, 0) is 9.53 Å². The first-order valence-corrected chi connectivity index (χ1v) is 7.61. The van der Waals surface area contributed by atoms with Crippen molar-refractivity contribution in [3.63, 3.8) is 0 Å². The monoisotopic (exact) mass is 297 g/mol. The number of rotatable bonds is 4. The molecule has 0 fully saturated rings. The first-order chi connectivity index (χ1) is 8.94. The van der Waals surface area contributed by atoms with Crippen LogP contribution in [0.5, 0.6) is 0 Å². The maximum Gasteiger partial charge on any atom is 0.316 e. The van der Waals surface area contributed by atoms with Crippen LogP contribution in [0, 0.1) is 0 Å². The van der Waals surface area contributed by atoms with E-state index in [-0.39, 0.29) is 11.7 Å². The standard InChI is InChI=1S/C12H15N3O2S2/c1-12(2,3)17-9(16)7-19-11-13-10(14-15-11)8-5-4-6-18-8/h4-6H,7H2,1-3H3,(H,13,14,15). The number of ether oxygens (including phenoxy) is 1. The summed E-state index contributed by atoms with van der Waals surface area (Å²) < 4.78 is 5.22. The van der Waals surface area contributed by atoms with Gasteiger partial charge in [0, 0.05) is 0 Å². The van der Waals surface area contributed by atoms with Gasteiger partial charge in [-0.05, 0) is 32.2 Å². The molecule has 7 heteroatoms. The van der Waals surface area contributed by atoms with Gasteiger partial charge in [-0.15, -0.1) is 16.4 Å². The van der Waals surface area contributed by atoms with Crippen molar-refractivity contribution in [3.05, 3.63) is 17.5 Å². The van der Waals surface area contributed by atoms with E-state index in [0.29, 0.717) is 5.16 Å². The van der Waals surface area contributed by atoms with Crippen LogP contribution >= 0.6 is 23.1 Å². The van der Waals surface area contributed by atoms with Crippen molar-refractivity contribution in [2.75, 3.05) is 5.75 Å². The molecule has 0 bridgehead atoms. The van der Waals surface area contributed by atoms with Crippen LogP contribution in [0.2, 0.25) is 0 Å². The van der Waals surface area contributed by atoms with Crippen molar-refractivity contribution in [2.24, 2.45) is 0 Å². The van der Waals surface area contributed by atoms with Gasteiger partial charge in [0.15, 0.2) is 5.82 Å². The number of carbonyl (C=O) groups excluding carboxylic acids is 1. The van der Waals surface area contributed by atoms with Crippen molar-refractivity contribution < 1.29 is 9.53 Å². The molecule has 2 rings (SSSR count). The predicted octanol–water partition coefficient (Wildman–Crippen LogP) is 2.97. The number of esters is 1. The third-order valence-electron chi connectivity index (χ3n) is 1.96. The summed E-state index contributed by atoms with van der Waals surface area (Å²) in [6, 6.07) is 3.92. The second-order valence-electron chi connectivity index (χ2n) is 4.82. The molecular weight excluding hydrogens is 282 g/mol. The van der Waals surface area contributed by atoms with E-state index in [9.17, 15) is 4.79 Å². The topological polar surface area (TPSA) is 67.9 Å². The largest absolute Gasteiger partial charge is 0.459 e. The highest BCUT2D eigenvalue weighted by atomic mass is 32.2. The molecule has 0 aliphatic heterocycles. The Labute approximate surface area is 119 Å². The molecule has 0 aliphatic rings. The zero-order chi connectivity index (χ0) is 13.9. The molecule has 0 saturated carbocycles. The zero-order valence-electron chi connectivity index (χ0n) is 11.0. The van der Waals surface area contributed by atoms with Crippen molar-refractivity contribution in [2.45, 2.75) is 31.5 Å². The lowest BCUT2D eigenvalue weighted by molar-refractivity contribution is -0.151. The number of aromatic amines is 1. The SMILES string of the molecule is CC(C)(C)OC(=O)CSc1n[nH]c(-c2cccs2)n1. The number of thiophene rings is 1. The summed E-state index contributed by atoms with van der Waals surface area (Å²) in [4.78, 5) is 16.9. The molecule has 1 N–H and O–H groups in total. The maximum atomic E-state index is 11.6. The van der Waals surface area contributed by atoms with E-state index in [2.05, 4.69) is 15.2 Å². The number of thioether (sulfide) groups is 1. The van der Waals surface area contributed by atoms with E-state index in [1.54, 1.807) is 11.3 Å². The van der Waals surface area contributed by atoms with Gasteiger partial charge in [-0.2, -0.15) is 0 Å². The van der Waals surface area contributed by atoms with Crippen LogP contribution in [-0.4, -0.2) is 32.5 Å². The molecule has 0 amide bonds. The Hall–Kier alpha value is -1.34. The van der Waals surface area contributed by atoms with Gasteiger partial charge < -0.3 is 4.74 Å². The van der Waals surface area contributed by atoms with Crippen molar-refractivity contribution >= 4 is 29.1 Å². The van der Waals surface area contributed by atoms with Crippen LogP contribution in [0.1, 0.15) is 20.8 Å². The lowest BCUT2D eigenvalue weighted by atomic mass is 10.2. The summed E-state index contributed by atoms with van der Waals surface area (Å²) in [6.45, 7) is 5.53. The predicted molar refractivity (Wildman–Crippen MR) is 76.3 cm³/mol. The number of nitrogens with one attached hydrogen (secondary N) is 1. The van der Waals surface area contributed by atoms with E-state index in [0.717, 1.165) is 10.7 Å². The molecule has 0 atom stereocenters. The molecule has 0 aromatic carbocycles. The third-order valence-corrected chi connectivity index (χ3v) is 3.66. The summed E-state index contributed by atoms with van der Waals surface area (Å²) in [5.41, 5.74) is -0.460. The molecular formula is C12H15N3O2S2. The Morgan fingerprint density at radius 2 is 2.32 bits per heavy atom. The number of nitrogens with zero attached hydrogens (tertiary/aromatic N) is 2. The van der Waals surface area contributed by atoms with Gasteiger partial charge in [0.1, 0.15) is 5.60 Å². The molecule has 2 heterocycles. The molecule has 0 unspecified atom stereocenters. The molecule has 0 spiro atoms. The summed E-state index contributed by atoms with van der Waals surface area (Å²) in [5, 5.41) is 9.45. The number of hydrogen-bond donors (Lipinski definition) is 1. The molecule has 2 aromatic rings. The second-order valence-corrected chi connectivity index (χ2v) is 6.71. The van der Waals surface area contributed by atoms with Crippen LogP contribution in [0.3, 0.4) is 0 Å². The quantitative estimate of drug-likeness (QED) is 0.694. The lowest BCUT2D eigenvalue weighted by Crippen LogP contribution is -2.24. The van der Waals surface area contributed by atoms with E-state index >= 15 is 0 Å².